The van der Waals surface area contributed by atoms with Gasteiger partial charge in [-0.25, -0.2) is 0 Å². The number of thiophene rings is 1. The van der Waals surface area contributed by atoms with E-state index < -0.39 is 0 Å². The normalized spacial score (nSPS) is 17.5. The molecule has 2 N–H and O–H groups in total. The van der Waals surface area contributed by atoms with Crippen LogP contribution in [-0.4, -0.2) is 18.0 Å². The fourth-order valence-electron chi connectivity index (χ4n) is 2.75. The molecule has 2 heterocycles. The predicted molar refractivity (Wildman–Crippen MR) is 86.9 cm³/mol. The zero-order chi connectivity index (χ0) is 13.9. The lowest BCUT2D eigenvalue weighted by molar-refractivity contribution is 0.334. The third-order valence-corrected chi connectivity index (χ3v) is 5.06. The van der Waals surface area contributed by atoms with Crippen LogP contribution in [0.4, 0.5) is 0 Å². The van der Waals surface area contributed by atoms with Gasteiger partial charge < -0.3 is 5.73 Å². The lowest BCUT2D eigenvalue weighted by Gasteiger charge is -2.12. The van der Waals surface area contributed by atoms with E-state index in [4.69, 9.17) is 5.73 Å². The first kappa shape index (κ1) is 13.8. The summed E-state index contributed by atoms with van der Waals surface area (Å²) in [6.45, 7) is 5.66. The maximum absolute atomic E-state index is 5.97. The molecule has 2 aromatic rings. The minimum atomic E-state index is 0.0963. The molecular weight excluding hydrogens is 264 g/mol. The second-order valence-corrected chi connectivity index (χ2v) is 6.83. The van der Waals surface area contributed by atoms with Gasteiger partial charge in [0.25, 0.3) is 0 Å². The summed E-state index contributed by atoms with van der Waals surface area (Å²) in [6, 6.07) is 13.2. The summed E-state index contributed by atoms with van der Waals surface area (Å²) in [5.41, 5.74) is 8.47. The van der Waals surface area contributed by atoms with E-state index in [0.29, 0.717) is 0 Å². The molecule has 0 amide bonds. The molecular formula is C17H22N2S. The maximum Gasteiger partial charge on any atom is 0.0346 e. The van der Waals surface area contributed by atoms with Crippen LogP contribution in [0.5, 0.6) is 0 Å². The van der Waals surface area contributed by atoms with Crippen molar-refractivity contribution in [2.75, 3.05) is 13.1 Å². The van der Waals surface area contributed by atoms with Crippen LogP contribution in [0.3, 0.4) is 0 Å². The molecule has 1 fully saturated rings. The monoisotopic (exact) mass is 286 g/mol. The van der Waals surface area contributed by atoms with Gasteiger partial charge in [0.05, 0.1) is 0 Å². The topological polar surface area (TPSA) is 29.3 Å². The summed E-state index contributed by atoms with van der Waals surface area (Å²) in [5, 5.41) is 0. The number of rotatable bonds is 4. The molecule has 0 bridgehead atoms. The van der Waals surface area contributed by atoms with Crippen LogP contribution in [0.15, 0.2) is 36.4 Å². The zero-order valence-corrected chi connectivity index (χ0v) is 12.8. The van der Waals surface area contributed by atoms with E-state index in [0.717, 1.165) is 6.54 Å². The van der Waals surface area contributed by atoms with Crippen LogP contribution in [0.1, 0.15) is 36.2 Å². The molecule has 1 aliphatic rings. The third-order valence-electron chi connectivity index (χ3n) is 3.94. The Kier molecular flexibility index (Phi) is 4.20. The van der Waals surface area contributed by atoms with E-state index in [1.165, 1.54) is 46.8 Å². The molecule has 106 valence electrons. The highest BCUT2D eigenvalue weighted by Crippen LogP contribution is 2.30. The van der Waals surface area contributed by atoms with Crippen LogP contribution in [0.2, 0.25) is 0 Å². The van der Waals surface area contributed by atoms with Gasteiger partial charge in [-0.15, -0.1) is 11.3 Å². The van der Waals surface area contributed by atoms with Crippen molar-refractivity contribution >= 4 is 11.3 Å². The summed E-state index contributed by atoms with van der Waals surface area (Å²) < 4.78 is 0. The first-order valence-electron chi connectivity index (χ1n) is 7.39. The second kappa shape index (κ2) is 6.08. The van der Waals surface area contributed by atoms with E-state index in [2.05, 4.69) is 41.3 Å². The molecule has 0 radical (unpaired) electrons. The highest BCUT2D eigenvalue weighted by molar-refractivity contribution is 7.15. The van der Waals surface area contributed by atoms with Crippen LogP contribution in [0.25, 0.3) is 10.4 Å². The first-order chi connectivity index (χ1) is 9.72. The van der Waals surface area contributed by atoms with Gasteiger partial charge >= 0.3 is 0 Å². The van der Waals surface area contributed by atoms with Crippen molar-refractivity contribution in [3.8, 4) is 10.4 Å². The number of benzene rings is 1. The van der Waals surface area contributed by atoms with Crippen molar-refractivity contribution in [1.29, 1.82) is 0 Å². The lowest BCUT2D eigenvalue weighted by Crippen LogP contribution is -2.17. The van der Waals surface area contributed by atoms with Crippen molar-refractivity contribution in [2.24, 2.45) is 5.73 Å². The van der Waals surface area contributed by atoms with Crippen molar-refractivity contribution in [1.82, 2.24) is 4.90 Å². The molecule has 0 aliphatic carbocycles. The Morgan fingerprint density at radius 2 is 2.00 bits per heavy atom. The van der Waals surface area contributed by atoms with Crippen LogP contribution in [-0.2, 0) is 6.54 Å². The predicted octanol–water partition coefficient (Wildman–Crippen LogP) is 4.03. The van der Waals surface area contributed by atoms with E-state index in [1.807, 2.05) is 18.3 Å². The Morgan fingerprint density at radius 3 is 2.75 bits per heavy atom. The quantitative estimate of drug-likeness (QED) is 0.919. The number of likely N-dealkylation sites (tertiary alicyclic amines) is 1. The van der Waals surface area contributed by atoms with Crippen LogP contribution >= 0.6 is 11.3 Å². The van der Waals surface area contributed by atoms with E-state index in [1.54, 1.807) is 0 Å². The molecule has 1 unspecified atom stereocenters. The highest BCUT2D eigenvalue weighted by Gasteiger charge is 2.13. The Morgan fingerprint density at radius 1 is 1.20 bits per heavy atom. The maximum atomic E-state index is 5.97. The average Bonchev–Trinajstić information content (AvgIpc) is 3.11. The standard InChI is InChI=1S/C17H22N2S/c1-13(18)14-5-4-6-15(11-14)17-8-7-16(20-17)12-19-9-2-3-10-19/h4-8,11,13H,2-3,9-10,12,18H2,1H3. The van der Waals surface area contributed by atoms with Gasteiger partial charge in [0.1, 0.15) is 0 Å². The van der Waals surface area contributed by atoms with Gasteiger partial charge in [-0.3, -0.25) is 4.90 Å². The van der Waals surface area contributed by atoms with E-state index >= 15 is 0 Å². The fraction of sp³-hybridized carbons (Fsp3) is 0.412. The van der Waals surface area contributed by atoms with Gasteiger partial charge in [-0.1, -0.05) is 18.2 Å². The number of nitrogens with two attached hydrogens (primary N) is 1. The minimum Gasteiger partial charge on any atom is -0.324 e. The molecule has 1 aromatic carbocycles. The lowest BCUT2D eigenvalue weighted by atomic mass is 10.1. The number of hydrogen-bond donors (Lipinski definition) is 1. The van der Waals surface area contributed by atoms with Gasteiger partial charge in [-0.2, -0.15) is 0 Å². The Hall–Kier alpha value is -1.16. The molecule has 2 nitrogen and oxygen atoms in total. The molecule has 0 saturated carbocycles. The molecule has 1 atom stereocenters. The van der Waals surface area contributed by atoms with E-state index in [-0.39, 0.29) is 6.04 Å². The Bertz CT molecular complexity index is 568. The molecule has 1 aliphatic heterocycles. The van der Waals surface area contributed by atoms with Crippen molar-refractivity contribution < 1.29 is 0 Å². The molecule has 20 heavy (non-hydrogen) atoms. The average molecular weight is 286 g/mol. The molecule has 0 spiro atoms. The van der Waals surface area contributed by atoms with Crippen LogP contribution in [0, 0.1) is 0 Å². The van der Waals surface area contributed by atoms with Crippen LogP contribution < -0.4 is 5.73 Å². The minimum absolute atomic E-state index is 0.0963. The summed E-state index contributed by atoms with van der Waals surface area (Å²) in [6.07, 6.45) is 2.71. The van der Waals surface area contributed by atoms with Gasteiger partial charge in [0, 0.05) is 22.3 Å². The summed E-state index contributed by atoms with van der Waals surface area (Å²) in [4.78, 5) is 5.36. The Labute approximate surface area is 125 Å². The van der Waals surface area contributed by atoms with Gasteiger partial charge in [-0.05, 0) is 62.2 Å². The SMILES string of the molecule is CC(N)c1cccc(-c2ccc(CN3CCCC3)s2)c1. The van der Waals surface area contributed by atoms with Crippen molar-refractivity contribution in [3.63, 3.8) is 0 Å². The highest BCUT2D eigenvalue weighted by atomic mass is 32.1. The van der Waals surface area contributed by atoms with Crippen molar-refractivity contribution in [3.05, 3.63) is 46.8 Å². The second-order valence-electron chi connectivity index (χ2n) is 5.66. The zero-order valence-electron chi connectivity index (χ0n) is 12.0. The molecule has 3 heteroatoms. The summed E-state index contributed by atoms with van der Waals surface area (Å²) in [5.74, 6) is 0. The smallest absolute Gasteiger partial charge is 0.0346 e. The van der Waals surface area contributed by atoms with Gasteiger partial charge in [0.15, 0.2) is 0 Å². The molecule has 3 rings (SSSR count). The summed E-state index contributed by atoms with van der Waals surface area (Å²) >= 11 is 1.91. The van der Waals surface area contributed by atoms with Gasteiger partial charge in [0.2, 0.25) is 0 Å². The summed E-state index contributed by atoms with van der Waals surface area (Å²) in [7, 11) is 0. The Balaban J connectivity index is 1.77. The fourth-order valence-corrected chi connectivity index (χ4v) is 3.80. The third kappa shape index (κ3) is 3.11. The van der Waals surface area contributed by atoms with Crippen molar-refractivity contribution in [2.45, 2.75) is 32.4 Å². The largest absolute Gasteiger partial charge is 0.324 e. The molecule has 1 saturated heterocycles. The molecule has 1 aromatic heterocycles. The first-order valence-corrected chi connectivity index (χ1v) is 8.21. The number of nitrogens with zero attached hydrogens (tertiary/aromatic N) is 1. The number of hydrogen-bond acceptors (Lipinski definition) is 3. The van der Waals surface area contributed by atoms with E-state index in [9.17, 15) is 0 Å².